The largest absolute Gasteiger partial charge is 0.495 e. The molecule has 2 heterocycles. The number of hydrogen-bond donors (Lipinski definition) is 2. The number of piperidine rings is 1. The molecule has 1 unspecified atom stereocenters. The van der Waals surface area contributed by atoms with Gasteiger partial charge >= 0.3 is 6.18 Å². The Hall–Kier alpha value is -3.08. The summed E-state index contributed by atoms with van der Waals surface area (Å²) in [6, 6.07) is 7.82. The van der Waals surface area contributed by atoms with Gasteiger partial charge in [0.15, 0.2) is 9.84 Å². The molecule has 4 rings (SSSR count). The second-order valence-electron chi connectivity index (χ2n) is 9.66. The van der Waals surface area contributed by atoms with Crippen molar-refractivity contribution in [3.63, 3.8) is 0 Å². The maximum absolute atomic E-state index is 14.7. The van der Waals surface area contributed by atoms with E-state index in [1.54, 1.807) is 30.1 Å². The standard InChI is InChI=1S/C27H28F5N3O3S2/c1-35-13-11-24(26(28,29)16-35)34-21-7-4-6-18-19(15-27(30,31)32)23(39-25(18)21)8-5-12-33-20-10-9-17(40(3,36)37)14-22(20)38-2/h4,6-7,9-10,14,24,33-34H,11-13,15-16H2,1-3H3. The van der Waals surface area contributed by atoms with Gasteiger partial charge in [-0.25, -0.2) is 17.2 Å². The molecule has 1 saturated heterocycles. The number of thiophene rings is 1. The topological polar surface area (TPSA) is 70.7 Å². The Kier molecular flexibility index (Phi) is 8.54. The molecule has 2 N–H and O–H groups in total. The van der Waals surface area contributed by atoms with Crippen LogP contribution < -0.4 is 15.4 Å². The summed E-state index contributed by atoms with van der Waals surface area (Å²) in [5.41, 5.74) is 0.803. The molecule has 2 aromatic carbocycles. The van der Waals surface area contributed by atoms with Crippen LogP contribution in [-0.2, 0) is 16.3 Å². The Bertz CT molecular complexity index is 1560. The Morgan fingerprint density at radius 1 is 1.20 bits per heavy atom. The number of anilines is 2. The van der Waals surface area contributed by atoms with E-state index in [1.807, 2.05) is 0 Å². The Balaban J connectivity index is 1.62. The molecule has 0 bridgehead atoms. The van der Waals surface area contributed by atoms with Crippen LogP contribution in [0.1, 0.15) is 16.9 Å². The van der Waals surface area contributed by atoms with Crippen molar-refractivity contribution < 1.29 is 35.1 Å². The number of ether oxygens (including phenoxy) is 1. The van der Waals surface area contributed by atoms with Crippen LogP contribution in [0.4, 0.5) is 33.3 Å². The zero-order chi connectivity index (χ0) is 29.3. The lowest BCUT2D eigenvalue weighted by atomic mass is 10.0. The van der Waals surface area contributed by atoms with E-state index >= 15 is 0 Å². The van der Waals surface area contributed by atoms with Crippen molar-refractivity contribution in [2.45, 2.75) is 35.9 Å². The van der Waals surface area contributed by atoms with Gasteiger partial charge in [0, 0.05) is 18.9 Å². The van der Waals surface area contributed by atoms with Crippen LogP contribution in [-0.4, -0.2) is 71.5 Å². The summed E-state index contributed by atoms with van der Waals surface area (Å²) in [4.78, 5) is 1.81. The molecule has 216 valence electrons. The fourth-order valence-electron chi connectivity index (χ4n) is 4.55. The SMILES string of the molecule is COc1cc(S(C)(=O)=O)ccc1NCC#Cc1sc2c(NC3CCN(C)CC3(F)F)cccc2c1CC(F)(F)F. The normalized spacial score (nSPS) is 17.8. The molecule has 0 aliphatic carbocycles. The number of benzene rings is 2. The van der Waals surface area contributed by atoms with Crippen LogP contribution in [0, 0.1) is 11.8 Å². The first-order valence-corrected chi connectivity index (χ1v) is 14.9. The first-order valence-electron chi connectivity index (χ1n) is 12.2. The Morgan fingerprint density at radius 3 is 2.60 bits per heavy atom. The molecular formula is C27H28F5N3O3S2. The van der Waals surface area contributed by atoms with Gasteiger partial charge in [-0.1, -0.05) is 24.0 Å². The highest BCUT2D eigenvalue weighted by molar-refractivity contribution is 7.90. The fraction of sp³-hybridized carbons (Fsp3) is 0.407. The van der Waals surface area contributed by atoms with Crippen LogP contribution in [0.2, 0.25) is 0 Å². The first kappa shape index (κ1) is 29.9. The van der Waals surface area contributed by atoms with Crippen molar-refractivity contribution >= 4 is 42.6 Å². The zero-order valence-corrected chi connectivity index (χ0v) is 23.6. The van der Waals surface area contributed by atoms with Crippen molar-refractivity contribution in [2.24, 2.45) is 0 Å². The molecule has 1 aliphatic heterocycles. The predicted octanol–water partition coefficient (Wildman–Crippen LogP) is 5.63. The van der Waals surface area contributed by atoms with Gasteiger partial charge in [0.2, 0.25) is 0 Å². The van der Waals surface area contributed by atoms with Crippen molar-refractivity contribution in [1.29, 1.82) is 0 Å². The Morgan fingerprint density at radius 2 is 1.95 bits per heavy atom. The Labute approximate surface area is 233 Å². The summed E-state index contributed by atoms with van der Waals surface area (Å²) in [6.07, 6.45) is -4.45. The molecule has 13 heteroatoms. The quantitative estimate of drug-likeness (QED) is 0.270. The third kappa shape index (κ3) is 6.97. The first-order chi connectivity index (χ1) is 18.7. The number of nitrogens with zero attached hydrogens (tertiary/aromatic N) is 1. The average molecular weight is 602 g/mol. The number of nitrogens with one attached hydrogen (secondary N) is 2. The number of likely N-dealkylation sites (tertiary alicyclic amines) is 1. The highest BCUT2D eigenvalue weighted by atomic mass is 32.2. The number of hydrogen-bond acceptors (Lipinski definition) is 7. The maximum atomic E-state index is 14.7. The molecule has 1 fully saturated rings. The molecular weight excluding hydrogens is 573 g/mol. The highest BCUT2D eigenvalue weighted by Gasteiger charge is 2.44. The minimum Gasteiger partial charge on any atom is -0.495 e. The lowest BCUT2D eigenvalue weighted by molar-refractivity contribution is -0.126. The van der Waals surface area contributed by atoms with E-state index in [0.717, 1.165) is 17.6 Å². The van der Waals surface area contributed by atoms with Crippen molar-refractivity contribution in [2.75, 3.05) is 50.7 Å². The molecule has 0 spiro atoms. The summed E-state index contributed by atoms with van der Waals surface area (Å²) in [6.45, 7) is 0.0929. The number of halogens is 5. The third-order valence-corrected chi connectivity index (χ3v) is 8.79. The molecule has 6 nitrogen and oxygen atoms in total. The molecule has 0 amide bonds. The monoisotopic (exact) mass is 601 g/mol. The van der Waals surface area contributed by atoms with Gasteiger partial charge in [-0.3, -0.25) is 0 Å². The summed E-state index contributed by atoms with van der Waals surface area (Å²) < 4.78 is 99.2. The zero-order valence-electron chi connectivity index (χ0n) is 22.0. The minimum atomic E-state index is -4.50. The molecule has 3 aromatic rings. The number of alkyl halides is 5. The fourth-order valence-corrected chi connectivity index (χ4v) is 6.36. The van der Waals surface area contributed by atoms with Crippen LogP contribution in [0.3, 0.4) is 0 Å². The second-order valence-corrected chi connectivity index (χ2v) is 12.7. The van der Waals surface area contributed by atoms with E-state index in [-0.39, 0.29) is 34.1 Å². The maximum Gasteiger partial charge on any atom is 0.393 e. The molecule has 1 atom stereocenters. The highest BCUT2D eigenvalue weighted by Crippen LogP contribution is 2.40. The third-order valence-electron chi connectivity index (χ3n) is 6.49. The lowest BCUT2D eigenvalue weighted by Crippen LogP contribution is -2.53. The summed E-state index contributed by atoms with van der Waals surface area (Å²) in [7, 11) is -0.443. The summed E-state index contributed by atoms with van der Waals surface area (Å²) >= 11 is 1.03. The predicted molar refractivity (Wildman–Crippen MR) is 148 cm³/mol. The van der Waals surface area contributed by atoms with Gasteiger partial charge in [-0.15, -0.1) is 11.3 Å². The van der Waals surface area contributed by atoms with Crippen LogP contribution in [0.25, 0.3) is 10.1 Å². The minimum absolute atomic E-state index is 0.00567. The molecule has 0 saturated carbocycles. The van der Waals surface area contributed by atoms with Gasteiger partial charge < -0.3 is 20.3 Å². The average Bonchev–Trinajstić information content (AvgIpc) is 3.19. The van der Waals surface area contributed by atoms with E-state index in [2.05, 4.69) is 22.5 Å². The van der Waals surface area contributed by atoms with Gasteiger partial charge in [-0.2, -0.15) is 13.2 Å². The molecule has 40 heavy (non-hydrogen) atoms. The molecule has 1 aromatic heterocycles. The number of fused-ring (bicyclic) bond motifs is 1. The smallest absolute Gasteiger partial charge is 0.393 e. The second kappa shape index (κ2) is 11.4. The summed E-state index contributed by atoms with van der Waals surface area (Å²) in [5, 5.41) is 6.19. The molecule has 1 aliphatic rings. The summed E-state index contributed by atoms with van der Waals surface area (Å²) in [5.74, 6) is 2.89. The van der Waals surface area contributed by atoms with Gasteiger partial charge in [0.1, 0.15) is 5.75 Å². The van der Waals surface area contributed by atoms with Crippen molar-refractivity contribution in [1.82, 2.24) is 4.90 Å². The van der Waals surface area contributed by atoms with Crippen LogP contribution >= 0.6 is 11.3 Å². The van der Waals surface area contributed by atoms with Gasteiger partial charge in [0.25, 0.3) is 5.92 Å². The van der Waals surface area contributed by atoms with Gasteiger partial charge in [0.05, 0.1) is 58.5 Å². The number of rotatable bonds is 7. The molecule has 0 radical (unpaired) electrons. The van der Waals surface area contributed by atoms with E-state index in [0.29, 0.717) is 28.0 Å². The van der Waals surface area contributed by atoms with E-state index < -0.39 is 40.9 Å². The number of sulfone groups is 1. The van der Waals surface area contributed by atoms with Crippen LogP contribution in [0.15, 0.2) is 41.3 Å². The van der Waals surface area contributed by atoms with E-state index in [4.69, 9.17) is 4.74 Å². The van der Waals surface area contributed by atoms with Crippen molar-refractivity contribution in [3.05, 3.63) is 46.8 Å². The van der Waals surface area contributed by atoms with Crippen LogP contribution in [0.5, 0.6) is 5.75 Å². The van der Waals surface area contributed by atoms with E-state index in [1.165, 1.54) is 25.3 Å². The number of methoxy groups -OCH3 is 1. The van der Waals surface area contributed by atoms with E-state index in [9.17, 15) is 30.4 Å². The van der Waals surface area contributed by atoms with Gasteiger partial charge in [-0.05, 0) is 42.6 Å². The van der Waals surface area contributed by atoms with Crippen molar-refractivity contribution in [3.8, 4) is 17.6 Å². The lowest BCUT2D eigenvalue weighted by Gasteiger charge is -2.37.